The van der Waals surface area contributed by atoms with Crippen LogP contribution in [0.5, 0.6) is 0 Å². The van der Waals surface area contributed by atoms with Crippen LogP contribution in [0.3, 0.4) is 0 Å². The SMILES string of the molecule is Cl.N[C@@H](CS)C(=O)O.O.O.O.O.O.O.O.O.O.O.O.O. The highest BCUT2D eigenvalue weighted by Crippen LogP contribution is 1.80. The summed E-state index contributed by atoms with van der Waals surface area (Å²) < 4.78 is 0. The van der Waals surface area contributed by atoms with Gasteiger partial charge in [0.2, 0.25) is 0 Å². The number of aliphatic carboxylic acids is 1. The molecule has 0 bridgehead atoms. The number of nitrogens with two attached hydrogens (primary N) is 1. The van der Waals surface area contributed by atoms with Crippen molar-refractivity contribution in [1.82, 2.24) is 0 Å². The molecular weight excluding hydrogens is 342 g/mol. The maximum absolute atomic E-state index is 9.76. The molecular formula is C3H32ClNO14S. The maximum Gasteiger partial charge on any atom is 0.321 e. The van der Waals surface area contributed by atoms with E-state index in [4.69, 9.17) is 10.8 Å². The number of hydrogen-bond donors (Lipinski definition) is 3. The van der Waals surface area contributed by atoms with Crippen molar-refractivity contribution < 1.29 is 75.6 Å². The van der Waals surface area contributed by atoms with Gasteiger partial charge in [0.25, 0.3) is 0 Å². The molecule has 0 spiro atoms. The van der Waals surface area contributed by atoms with Crippen molar-refractivity contribution in [2.45, 2.75) is 6.04 Å². The van der Waals surface area contributed by atoms with Crippen LogP contribution < -0.4 is 5.73 Å². The number of carboxylic acids is 1. The van der Waals surface area contributed by atoms with Crippen LogP contribution in [-0.2, 0) is 4.79 Å². The molecule has 0 heterocycles. The molecule has 0 radical (unpaired) electrons. The monoisotopic (exact) mass is 373 g/mol. The Balaban J connectivity index is -0.00000000231. The minimum atomic E-state index is -1.00. The summed E-state index contributed by atoms with van der Waals surface area (Å²) in [7, 11) is 0. The van der Waals surface area contributed by atoms with Gasteiger partial charge in [-0.2, -0.15) is 12.6 Å². The van der Waals surface area contributed by atoms with Gasteiger partial charge in [-0.3, -0.25) is 4.79 Å². The number of rotatable bonds is 2. The first-order chi connectivity index (χ1) is 3.18. The van der Waals surface area contributed by atoms with E-state index in [1.807, 2.05) is 0 Å². The standard InChI is InChI=1S/C3H7NO2S.ClH.12H2O/c4-2(1-7)3(5)6;;;;;;;;;;;;;/h2,7H,1,4H2,(H,5,6);1H;12*1H2/t2-;;;;;;;;;;;;;/m0............./s1. The average molecular weight is 374 g/mol. The quantitative estimate of drug-likeness (QED) is 0.396. The van der Waals surface area contributed by atoms with Crippen LogP contribution in [0.4, 0.5) is 0 Å². The molecule has 0 aliphatic rings. The summed E-state index contributed by atoms with van der Waals surface area (Å²) >= 11 is 3.65. The topological polar surface area (TPSA) is 441 Å². The highest BCUT2D eigenvalue weighted by molar-refractivity contribution is 7.80. The molecule has 0 saturated carbocycles. The summed E-state index contributed by atoms with van der Waals surface area (Å²) in [6, 6.07) is -0.816. The predicted octanol–water partition coefficient (Wildman–Crippen LogP) is -10.1. The van der Waals surface area contributed by atoms with E-state index in [2.05, 4.69) is 12.6 Å². The zero-order valence-electron chi connectivity index (χ0n) is 10.1. The third kappa shape index (κ3) is 155. The van der Waals surface area contributed by atoms with Crippen molar-refractivity contribution in [1.29, 1.82) is 0 Å². The molecule has 0 aliphatic carbocycles. The Labute approximate surface area is 125 Å². The Hall–Kier alpha value is -0.410. The number of carboxylic acid groups (broad SMARTS) is 1. The van der Waals surface area contributed by atoms with Crippen molar-refractivity contribution in [3.63, 3.8) is 0 Å². The third-order valence-corrected chi connectivity index (χ3v) is 0.907. The average Bonchev–Trinajstić information content (AvgIpc) is 1.65. The molecule has 0 unspecified atom stereocenters. The lowest BCUT2D eigenvalue weighted by molar-refractivity contribution is -0.137. The molecule has 0 fully saturated rings. The van der Waals surface area contributed by atoms with Gasteiger partial charge >= 0.3 is 5.97 Å². The second kappa shape index (κ2) is 132. The molecule has 17 heteroatoms. The van der Waals surface area contributed by atoms with Crippen molar-refractivity contribution in [3.8, 4) is 0 Å². The largest absolute Gasteiger partial charge is 0.480 e. The van der Waals surface area contributed by atoms with Crippen molar-refractivity contribution in [2.75, 3.05) is 5.75 Å². The molecule has 0 aliphatic heterocycles. The normalized spacial score (nSPS) is 4.70. The summed E-state index contributed by atoms with van der Waals surface area (Å²) in [4.78, 5) is 9.76. The van der Waals surface area contributed by atoms with Crippen LogP contribution in [0.15, 0.2) is 0 Å². The van der Waals surface area contributed by atoms with Crippen LogP contribution in [0.1, 0.15) is 0 Å². The second-order valence-electron chi connectivity index (χ2n) is 1.13. The van der Waals surface area contributed by atoms with Crippen molar-refractivity contribution >= 4 is 31.0 Å². The van der Waals surface area contributed by atoms with Gasteiger partial charge in [0, 0.05) is 5.75 Å². The lowest BCUT2D eigenvalue weighted by atomic mass is 10.4. The van der Waals surface area contributed by atoms with Gasteiger partial charge in [-0.15, -0.1) is 12.4 Å². The van der Waals surface area contributed by atoms with Gasteiger partial charge in [-0.05, 0) is 0 Å². The molecule has 146 valence electrons. The van der Waals surface area contributed by atoms with Gasteiger partial charge in [-0.25, -0.2) is 0 Å². The van der Waals surface area contributed by atoms with Crippen LogP contribution >= 0.6 is 25.0 Å². The molecule has 0 aromatic heterocycles. The highest BCUT2D eigenvalue weighted by atomic mass is 35.5. The van der Waals surface area contributed by atoms with E-state index in [-0.39, 0.29) is 83.9 Å². The number of hydrogen-bond acceptors (Lipinski definition) is 3. The molecule has 20 heavy (non-hydrogen) atoms. The Bertz CT molecular complexity index is 90.8. The maximum atomic E-state index is 9.76. The number of thiol groups is 1. The van der Waals surface area contributed by atoms with Crippen LogP contribution in [0.25, 0.3) is 0 Å². The Kier molecular flexibility index (Phi) is 1430. The third-order valence-electron chi connectivity index (χ3n) is 0.514. The fourth-order valence-corrected chi connectivity index (χ4v) is 0.234. The first kappa shape index (κ1) is 217. The second-order valence-corrected chi connectivity index (χ2v) is 1.49. The molecule has 0 saturated heterocycles. The van der Waals surface area contributed by atoms with Crippen LogP contribution in [0.2, 0.25) is 0 Å². The molecule has 0 amide bonds. The summed E-state index contributed by atoms with van der Waals surface area (Å²) in [6.45, 7) is 0. The first-order valence-corrected chi connectivity index (χ1v) is 2.41. The Morgan fingerprint density at radius 2 is 0.950 bits per heavy atom. The highest BCUT2D eigenvalue weighted by Gasteiger charge is 2.06. The van der Waals surface area contributed by atoms with E-state index >= 15 is 0 Å². The van der Waals surface area contributed by atoms with Gasteiger partial charge in [0.1, 0.15) is 6.04 Å². The van der Waals surface area contributed by atoms with Crippen LogP contribution in [0, 0.1) is 0 Å². The van der Waals surface area contributed by atoms with E-state index in [9.17, 15) is 4.79 Å². The van der Waals surface area contributed by atoms with E-state index in [1.165, 1.54) is 0 Å². The van der Waals surface area contributed by atoms with Gasteiger partial charge in [-0.1, -0.05) is 0 Å². The van der Waals surface area contributed by atoms with Gasteiger partial charge in [0.05, 0.1) is 0 Å². The van der Waals surface area contributed by atoms with Crippen LogP contribution in [-0.4, -0.2) is 88.6 Å². The Morgan fingerprint density at radius 3 is 0.950 bits per heavy atom. The number of halogens is 1. The van der Waals surface area contributed by atoms with E-state index < -0.39 is 12.0 Å². The first-order valence-electron chi connectivity index (χ1n) is 1.77. The smallest absolute Gasteiger partial charge is 0.321 e. The zero-order valence-corrected chi connectivity index (χ0v) is 11.8. The summed E-state index contributed by atoms with van der Waals surface area (Å²) in [5.41, 5.74) is 4.94. The molecule has 1 atom stereocenters. The number of carbonyl (C=O) groups is 1. The van der Waals surface area contributed by atoms with E-state index in [1.54, 1.807) is 0 Å². The summed E-state index contributed by atoms with van der Waals surface area (Å²) in [5, 5.41) is 8.01. The fourth-order valence-electron chi connectivity index (χ4n) is 0.0781. The fraction of sp³-hybridized carbons (Fsp3) is 0.667. The zero-order chi connectivity index (χ0) is 5.86. The Morgan fingerprint density at radius 1 is 0.800 bits per heavy atom. The van der Waals surface area contributed by atoms with E-state index in [0.29, 0.717) is 0 Å². The van der Waals surface area contributed by atoms with Gasteiger partial charge in [0.15, 0.2) is 0 Å². The van der Waals surface area contributed by atoms with Crippen molar-refractivity contribution in [3.05, 3.63) is 0 Å². The predicted molar refractivity (Wildman–Crippen MR) is 80.1 cm³/mol. The molecule has 27 N–H and O–H groups in total. The lowest BCUT2D eigenvalue weighted by Crippen LogP contribution is -2.31. The molecule has 15 nitrogen and oxygen atoms in total. The summed E-state index contributed by atoms with van der Waals surface area (Å²) in [5.74, 6) is -0.815. The van der Waals surface area contributed by atoms with Gasteiger partial charge < -0.3 is 76.6 Å². The molecule has 0 rings (SSSR count). The lowest BCUT2D eigenvalue weighted by Gasteiger charge is -1.96. The van der Waals surface area contributed by atoms with Crippen molar-refractivity contribution in [2.24, 2.45) is 5.73 Å². The summed E-state index contributed by atoms with van der Waals surface area (Å²) in [6.07, 6.45) is 0. The molecule has 0 aromatic carbocycles. The molecule has 0 aromatic rings. The minimum Gasteiger partial charge on any atom is -0.480 e. The van der Waals surface area contributed by atoms with E-state index in [0.717, 1.165) is 0 Å². The minimum absolute atomic E-state index is 0.